The lowest BCUT2D eigenvalue weighted by molar-refractivity contribution is 0.0916. The summed E-state index contributed by atoms with van der Waals surface area (Å²) in [5.41, 5.74) is 1.08. The van der Waals surface area contributed by atoms with Crippen LogP contribution in [-0.2, 0) is 0 Å². The van der Waals surface area contributed by atoms with E-state index in [-0.39, 0.29) is 12.5 Å². The van der Waals surface area contributed by atoms with Crippen molar-refractivity contribution in [3.63, 3.8) is 0 Å². The van der Waals surface area contributed by atoms with Gasteiger partial charge in [-0.05, 0) is 48.0 Å². The normalized spacial score (nSPS) is 12.0. The third-order valence-electron chi connectivity index (χ3n) is 2.83. The van der Waals surface area contributed by atoms with Crippen LogP contribution in [0, 0.1) is 0 Å². The standard InChI is InChI=1S/C15H12BrCl2NO2/c16-11-3-1-9(2-4-11)15(21)19-8-14(20)10-5-12(17)7-13(18)6-10/h1-7,14,20H,8H2,(H,19,21). The summed E-state index contributed by atoms with van der Waals surface area (Å²) >= 11 is 15.1. The second kappa shape index (κ2) is 7.27. The number of aliphatic hydroxyl groups excluding tert-OH is 1. The molecule has 3 nitrogen and oxygen atoms in total. The maximum Gasteiger partial charge on any atom is 0.251 e. The van der Waals surface area contributed by atoms with Gasteiger partial charge in [-0.15, -0.1) is 0 Å². The molecule has 0 radical (unpaired) electrons. The van der Waals surface area contributed by atoms with Crippen molar-refractivity contribution in [3.05, 3.63) is 68.1 Å². The van der Waals surface area contributed by atoms with Crippen molar-refractivity contribution in [2.45, 2.75) is 6.10 Å². The van der Waals surface area contributed by atoms with E-state index < -0.39 is 6.10 Å². The number of hydrogen-bond acceptors (Lipinski definition) is 2. The molecule has 0 aliphatic heterocycles. The molecule has 0 aliphatic carbocycles. The summed E-state index contributed by atoms with van der Waals surface area (Å²) in [6.45, 7) is 0.0750. The van der Waals surface area contributed by atoms with Crippen LogP contribution in [0.3, 0.4) is 0 Å². The van der Waals surface area contributed by atoms with Crippen LogP contribution in [0.1, 0.15) is 22.0 Å². The van der Waals surface area contributed by atoms with E-state index in [9.17, 15) is 9.90 Å². The highest BCUT2D eigenvalue weighted by atomic mass is 79.9. The molecule has 0 saturated heterocycles. The van der Waals surface area contributed by atoms with Gasteiger partial charge in [0.25, 0.3) is 5.91 Å². The van der Waals surface area contributed by atoms with Gasteiger partial charge < -0.3 is 10.4 Å². The minimum Gasteiger partial charge on any atom is -0.387 e. The molecule has 0 spiro atoms. The molecule has 1 unspecified atom stereocenters. The van der Waals surface area contributed by atoms with Gasteiger partial charge in [0.05, 0.1) is 6.10 Å². The van der Waals surface area contributed by atoms with Crippen LogP contribution in [0.5, 0.6) is 0 Å². The summed E-state index contributed by atoms with van der Waals surface area (Å²) in [6.07, 6.45) is -0.874. The van der Waals surface area contributed by atoms with Gasteiger partial charge in [-0.2, -0.15) is 0 Å². The smallest absolute Gasteiger partial charge is 0.251 e. The Morgan fingerprint density at radius 1 is 1.14 bits per heavy atom. The highest BCUT2D eigenvalue weighted by Gasteiger charge is 2.12. The third-order valence-corrected chi connectivity index (χ3v) is 3.80. The second-order valence-electron chi connectivity index (χ2n) is 4.44. The van der Waals surface area contributed by atoms with E-state index in [4.69, 9.17) is 23.2 Å². The van der Waals surface area contributed by atoms with Crippen LogP contribution < -0.4 is 5.32 Å². The number of amides is 1. The van der Waals surface area contributed by atoms with Gasteiger partial charge in [0, 0.05) is 26.6 Å². The largest absolute Gasteiger partial charge is 0.387 e. The van der Waals surface area contributed by atoms with E-state index in [1.54, 1.807) is 42.5 Å². The first-order valence-electron chi connectivity index (χ1n) is 6.13. The monoisotopic (exact) mass is 387 g/mol. The van der Waals surface area contributed by atoms with Gasteiger partial charge in [0.15, 0.2) is 0 Å². The van der Waals surface area contributed by atoms with E-state index in [1.165, 1.54) is 0 Å². The Hall–Kier alpha value is -1.07. The summed E-state index contributed by atoms with van der Waals surface area (Å²) < 4.78 is 0.896. The number of halogens is 3. The van der Waals surface area contributed by atoms with Crippen LogP contribution in [0.2, 0.25) is 10.0 Å². The number of nitrogens with one attached hydrogen (secondary N) is 1. The maximum atomic E-state index is 11.9. The molecule has 110 valence electrons. The SMILES string of the molecule is O=C(NCC(O)c1cc(Cl)cc(Cl)c1)c1ccc(Br)cc1. The number of aliphatic hydroxyl groups is 1. The third kappa shape index (κ3) is 4.71. The predicted molar refractivity (Wildman–Crippen MR) is 87.9 cm³/mol. The summed E-state index contributed by atoms with van der Waals surface area (Å²) in [7, 11) is 0. The average molecular weight is 389 g/mol. The Balaban J connectivity index is 1.98. The van der Waals surface area contributed by atoms with E-state index in [0.29, 0.717) is 21.2 Å². The van der Waals surface area contributed by atoms with E-state index in [0.717, 1.165) is 4.47 Å². The van der Waals surface area contributed by atoms with Crippen LogP contribution in [0.4, 0.5) is 0 Å². The quantitative estimate of drug-likeness (QED) is 0.823. The summed E-state index contributed by atoms with van der Waals surface area (Å²) in [5, 5.41) is 13.6. The first kappa shape index (κ1) is 16.3. The topological polar surface area (TPSA) is 49.3 Å². The Kier molecular flexibility index (Phi) is 5.65. The van der Waals surface area contributed by atoms with Crippen molar-refractivity contribution in [2.75, 3.05) is 6.54 Å². The summed E-state index contributed by atoms with van der Waals surface area (Å²) in [4.78, 5) is 11.9. The van der Waals surface area contributed by atoms with Gasteiger partial charge in [0.2, 0.25) is 0 Å². The van der Waals surface area contributed by atoms with Gasteiger partial charge in [0.1, 0.15) is 0 Å². The number of benzene rings is 2. The first-order valence-corrected chi connectivity index (χ1v) is 7.68. The van der Waals surface area contributed by atoms with Crippen molar-refractivity contribution in [1.29, 1.82) is 0 Å². The molecular weight excluding hydrogens is 377 g/mol. The molecule has 0 heterocycles. The molecular formula is C15H12BrCl2NO2. The Labute approximate surface area is 141 Å². The van der Waals surface area contributed by atoms with Gasteiger partial charge >= 0.3 is 0 Å². The van der Waals surface area contributed by atoms with Crippen molar-refractivity contribution in [3.8, 4) is 0 Å². The molecule has 2 aromatic rings. The van der Waals surface area contributed by atoms with Crippen LogP contribution >= 0.6 is 39.1 Å². The molecule has 2 N–H and O–H groups in total. The molecule has 0 saturated carbocycles. The first-order chi connectivity index (χ1) is 9.95. The van der Waals surface area contributed by atoms with Crippen molar-refractivity contribution >= 4 is 45.0 Å². The van der Waals surface area contributed by atoms with Crippen molar-refractivity contribution in [2.24, 2.45) is 0 Å². The molecule has 1 amide bonds. The van der Waals surface area contributed by atoms with E-state index in [1.807, 2.05) is 0 Å². The zero-order valence-corrected chi connectivity index (χ0v) is 13.9. The highest BCUT2D eigenvalue weighted by Crippen LogP contribution is 2.23. The van der Waals surface area contributed by atoms with Crippen LogP contribution in [-0.4, -0.2) is 17.6 Å². The van der Waals surface area contributed by atoms with Gasteiger partial charge in [-0.25, -0.2) is 0 Å². The second-order valence-corrected chi connectivity index (χ2v) is 6.22. The van der Waals surface area contributed by atoms with Crippen LogP contribution in [0.25, 0.3) is 0 Å². The number of carbonyl (C=O) groups is 1. The molecule has 0 bridgehead atoms. The molecule has 21 heavy (non-hydrogen) atoms. The lowest BCUT2D eigenvalue weighted by Gasteiger charge is -2.13. The van der Waals surface area contributed by atoms with Crippen LogP contribution in [0.15, 0.2) is 46.9 Å². The Morgan fingerprint density at radius 2 is 1.71 bits per heavy atom. The minimum atomic E-state index is -0.874. The van der Waals surface area contributed by atoms with E-state index >= 15 is 0 Å². The van der Waals surface area contributed by atoms with E-state index in [2.05, 4.69) is 21.2 Å². The molecule has 2 aromatic carbocycles. The van der Waals surface area contributed by atoms with Crippen molar-refractivity contribution < 1.29 is 9.90 Å². The lowest BCUT2D eigenvalue weighted by Crippen LogP contribution is -2.28. The Bertz CT molecular complexity index is 626. The maximum absolute atomic E-state index is 11.9. The number of rotatable bonds is 4. The number of hydrogen-bond donors (Lipinski definition) is 2. The average Bonchev–Trinajstić information content (AvgIpc) is 2.44. The molecule has 1 atom stereocenters. The molecule has 0 aromatic heterocycles. The lowest BCUT2D eigenvalue weighted by atomic mass is 10.1. The van der Waals surface area contributed by atoms with Gasteiger partial charge in [-0.1, -0.05) is 39.1 Å². The molecule has 0 fully saturated rings. The fourth-order valence-electron chi connectivity index (χ4n) is 1.78. The minimum absolute atomic E-state index is 0.0750. The fraction of sp³-hybridized carbons (Fsp3) is 0.133. The van der Waals surface area contributed by atoms with Gasteiger partial charge in [-0.3, -0.25) is 4.79 Å². The number of carbonyl (C=O) groups excluding carboxylic acids is 1. The highest BCUT2D eigenvalue weighted by molar-refractivity contribution is 9.10. The predicted octanol–water partition coefficient (Wildman–Crippen LogP) is 4.22. The molecule has 6 heteroatoms. The zero-order chi connectivity index (χ0) is 15.4. The zero-order valence-electron chi connectivity index (χ0n) is 10.8. The van der Waals surface area contributed by atoms with Crippen molar-refractivity contribution in [1.82, 2.24) is 5.32 Å². The summed E-state index contributed by atoms with van der Waals surface area (Å²) in [6, 6.07) is 11.8. The molecule has 2 rings (SSSR count). The molecule has 0 aliphatic rings. The Morgan fingerprint density at radius 3 is 2.29 bits per heavy atom. The summed E-state index contributed by atoms with van der Waals surface area (Å²) in [5.74, 6) is -0.255. The fourth-order valence-corrected chi connectivity index (χ4v) is 2.59.